The van der Waals surface area contributed by atoms with Crippen LogP contribution in [0, 0.1) is 13.8 Å². The molecule has 0 fully saturated rings. The Morgan fingerprint density at radius 3 is 2.50 bits per heavy atom. The lowest BCUT2D eigenvalue weighted by molar-refractivity contribution is 0.150. The average Bonchev–Trinajstić information content (AvgIpc) is 2.70. The summed E-state index contributed by atoms with van der Waals surface area (Å²) in [6.45, 7) is 4.25. The molecule has 96 valence electrons. The summed E-state index contributed by atoms with van der Waals surface area (Å²) in [5, 5.41) is 11.5. The second kappa shape index (κ2) is 5.56. The lowest BCUT2D eigenvalue weighted by atomic mass is 9.93. The van der Waals surface area contributed by atoms with Gasteiger partial charge in [0.15, 0.2) is 0 Å². The van der Waals surface area contributed by atoms with E-state index in [1.807, 2.05) is 26.0 Å². The van der Waals surface area contributed by atoms with E-state index in [1.165, 1.54) is 11.3 Å². The van der Waals surface area contributed by atoms with E-state index in [-0.39, 0.29) is 5.92 Å². The van der Waals surface area contributed by atoms with Crippen molar-refractivity contribution in [1.82, 2.24) is 9.97 Å². The summed E-state index contributed by atoms with van der Waals surface area (Å²) in [5.74, 6) is -0.119. The fourth-order valence-electron chi connectivity index (χ4n) is 2.06. The highest BCUT2D eigenvalue weighted by Crippen LogP contribution is 2.34. The molecule has 0 saturated carbocycles. The molecule has 2 rings (SSSR count). The molecular weight excluding hydrogens is 246 g/mol. The molecule has 0 aliphatic carbocycles. The minimum Gasteiger partial charge on any atom is -0.387 e. The lowest BCUT2D eigenvalue weighted by Crippen LogP contribution is -2.20. The first-order chi connectivity index (χ1) is 8.63. The smallest absolute Gasteiger partial charge is 0.0981 e. The zero-order valence-corrected chi connectivity index (χ0v) is 11.3. The van der Waals surface area contributed by atoms with Gasteiger partial charge < -0.3 is 10.8 Å². The molecule has 0 bridgehead atoms. The van der Waals surface area contributed by atoms with E-state index in [0.717, 1.165) is 21.1 Å². The first-order valence-corrected chi connectivity index (χ1v) is 6.67. The lowest BCUT2D eigenvalue weighted by Gasteiger charge is -2.21. The highest BCUT2D eigenvalue weighted by atomic mass is 32.1. The Balaban J connectivity index is 2.31. The summed E-state index contributed by atoms with van der Waals surface area (Å²) >= 11 is 1.53. The maximum absolute atomic E-state index is 10.5. The van der Waals surface area contributed by atoms with Gasteiger partial charge in [0.1, 0.15) is 0 Å². The second-order valence-corrected chi connectivity index (χ2v) is 5.48. The molecule has 4 nitrogen and oxygen atoms in total. The van der Waals surface area contributed by atoms with Crippen molar-refractivity contribution in [2.24, 2.45) is 5.73 Å². The highest BCUT2D eigenvalue weighted by Gasteiger charge is 2.25. The van der Waals surface area contributed by atoms with Gasteiger partial charge in [-0.2, -0.15) is 0 Å². The number of aliphatic hydroxyl groups excluding tert-OH is 1. The van der Waals surface area contributed by atoms with Crippen molar-refractivity contribution < 1.29 is 5.11 Å². The Kier molecular flexibility index (Phi) is 4.06. The van der Waals surface area contributed by atoms with Crippen molar-refractivity contribution in [2.45, 2.75) is 25.9 Å². The van der Waals surface area contributed by atoms with Gasteiger partial charge in [-0.05, 0) is 31.5 Å². The van der Waals surface area contributed by atoms with E-state index in [0.29, 0.717) is 6.54 Å². The Morgan fingerprint density at radius 2 is 2.00 bits per heavy atom. The summed E-state index contributed by atoms with van der Waals surface area (Å²) in [7, 11) is 0. The quantitative estimate of drug-likeness (QED) is 0.884. The van der Waals surface area contributed by atoms with Gasteiger partial charge in [0, 0.05) is 24.9 Å². The number of rotatable bonds is 4. The van der Waals surface area contributed by atoms with Crippen molar-refractivity contribution in [3.05, 3.63) is 45.7 Å². The predicted molar refractivity (Wildman–Crippen MR) is 72.6 cm³/mol. The van der Waals surface area contributed by atoms with Gasteiger partial charge in [-0.3, -0.25) is 4.98 Å². The highest BCUT2D eigenvalue weighted by molar-refractivity contribution is 7.11. The number of aliphatic hydroxyl groups is 1. The van der Waals surface area contributed by atoms with E-state index in [9.17, 15) is 5.11 Å². The normalized spacial score (nSPS) is 14.4. The van der Waals surface area contributed by atoms with Crippen LogP contribution in [0.2, 0.25) is 0 Å². The SMILES string of the molecule is Cc1nc(C)c(C(O)C(CN)c2ccncc2)s1. The standard InChI is InChI=1S/C13H17N3OS/c1-8-13(18-9(2)16-8)12(17)11(7-14)10-3-5-15-6-4-10/h3-6,11-12,17H,7,14H2,1-2H3. The molecule has 5 heteroatoms. The molecule has 0 amide bonds. The van der Waals surface area contributed by atoms with Crippen molar-refractivity contribution in [3.8, 4) is 0 Å². The van der Waals surface area contributed by atoms with Crippen LogP contribution in [-0.4, -0.2) is 21.6 Å². The first kappa shape index (κ1) is 13.1. The van der Waals surface area contributed by atoms with Gasteiger partial charge in [0.25, 0.3) is 0 Å². The van der Waals surface area contributed by atoms with Crippen LogP contribution in [0.5, 0.6) is 0 Å². The van der Waals surface area contributed by atoms with Crippen LogP contribution in [0.4, 0.5) is 0 Å². The van der Waals surface area contributed by atoms with Gasteiger partial charge in [0.2, 0.25) is 0 Å². The minimum absolute atomic E-state index is 0.119. The van der Waals surface area contributed by atoms with Crippen LogP contribution in [-0.2, 0) is 0 Å². The van der Waals surface area contributed by atoms with Crippen LogP contribution in [0.3, 0.4) is 0 Å². The molecule has 2 aromatic heterocycles. The molecule has 0 aliphatic heterocycles. The molecule has 0 saturated heterocycles. The molecule has 2 heterocycles. The first-order valence-electron chi connectivity index (χ1n) is 5.85. The predicted octanol–water partition coefficient (Wildman–Crippen LogP) is 1.93. The van der Waals surface area contributed by atoms with Crippen molar-refractivity contribution >= 4 is 11.3 Å². The third kappa shape index (κ3) is 2.58. The van der Waals surface area contributed by atoms with Gasteiger partial charge in [0.05, 0.1) is 21.7 Å². The number of nitrogens with zero attached hydrogens (tertiary/aromatic N) is 2. The fourth-order valence-corrected chi connectivity index (χ4v) is 3.04. The Labute approximate surface area is 111 Å². The Hall–Kier alpha value is -1.30. The number of thiazole rings is 1. The van der Waals surface area contributed by atoms with E-state index >= 15 is 0 Å². The van der Waals surface area contributed by atoms with Crippen LogP contribution in [0.25, 0.3) is 0 Å². The Morgan fingerprint density at radius 1 is 1.33 bits per heavy atom. The summed E-state index contributed by atoms with van der Waals surface area (Å²) in [4.78, 5) is 9.23. The third-order valence-corrected chi connectivity index (χ3v) is 4.12. The van der Waals surface area contributed by atoms with E-state index < -0.39 is 6.10 Å². The summed E-state index contributed by atoms with van der Waals surface area (Å²) in [5.41, 5.74) is 7.70. The van der Waals surface area contributed by atoms with Crippen LogP contribution in [0.15, 0.2) is 24.5 Å². The van der Waals surface area contributed by atoms with Gasteiger partial charge in [-0.15, -0.1) is 11.3 Å². The number of hydrogen-bond donors (Lipinski definition) is 2. The molecule has 2 aromatic rings. The number of aryl methyl sites for hydroxylation is 2. The molecule has 0 aromatic carbocycles. The van der Waals surface area contributed by atoms with Crippen molar-refractivity contribution in [1.29, 1.82) is 0 Å². The van der Waals surface area contributed by atoms with Crippen LogP contribution >= 0.6 is 11.3 Å². The monoisotopic (exact) mass is 263 g/mol. The van der Waals surface area contributed by atoms with Crippen LogP contribution in [0.1, 0.15) is 33.2 Å². The van der Waals surface area contributed by atoms with E-state index in [2.05, 4.69) is 9.97 Å². The van der Waals surface area contributed by atoms with Crippen molar-refractivity contribution in [3.63, 3.8) is 0 Å². The third-order valence-electron chi connectivity index (χ3n) is 2.98. The number of nitrogens with two attached hydrogens (primary N) is 1. The average molecular weight is 263 g/mol. The minimum atomic E-state index is -0.608. The van der Waals surface area contributed by atoms with Crippen LogP contribution < -0.4 is 5.73 Å². The van der Waals surface area contributed by atoms with Crippen molar-refractivity contribution in [2.75, 3.05) is 6.54 Å². The molecular formula is C13H17N3OS. The summed E-state index contributed by atoms with van der Waals surface area (Å²) in [6, 6.07) is 3.79. The van der Waals surface area contributed by atoms with Gasteiger partial charge >= 0.3 is 0 Å². The second-order valence-electron chi connectivity index (χ2n) is 4.25. The molecule has 0 spiro atoms. The zero-order chi connectivity index (χ0) is 13.1. The number of aromatic nitrogens is 2. The molecule has 0 aliphatic rings. The number of pyridine rings is 1. The van der Waals surface area contributed by atoms with Gasteiger partial charge in [-0.1, -0.05) is 0 Å². The molecule has 2 unspecified atom stereocenters. The zero-order valence-electron chi connectivity index (χ0n) is 10.5. The maximum Gasteiger partial charge on any atom is 0.0981 e. The van der Waals surface area contributed by atoms with E-state index in [1.54, 1.807) is 12.4 Å². The molecule has 3 N–H and O–H groups in total. The topological polar surface area (TPSA) is 72.0 Å². The molecule has 0 radical (unpaired) electrons. The van der Waals surface area contributed by atoms with E-state index in [4.69, 9.17) is 5.73 Å². The largest absolute Gasteiger partial charge is 0.387 e. The summed E-state index contributed by atoms with van der Waals surface area (Å²) < 4.78 is 0. The Bertz CT molecular complexity index is 512. The fraction of sp³-hybridized carbons (Fsp3) is 0.385. The van der Waals surface area contributed by atoms with Gasteiger partial charge in [-0.25, -0.2) is 4.98 Å². The summed E-state index contributed by atoms with van der Waals surface area (Å²) in [6.07, 6.45) is 2.83. The molecule has 2 atom stereocenters. The maximum atomic E-state index is 10.5. The number of hydrogen-bond acceptors (Lipinski definition) is 5. The molecule has 18 heavy (non-hydrogen) atoms.